The fraction of sp³-hybridized carbons (Fsp3) is 0.429. The number of aryl methyl sites for hydroxylation is 3. The van der Waals surface area contributed by atoms with E-state index >= 15 is 0 Å². The van der Waals surface area contributed by atoms with Crippen LogP contribution in [-0.2, 0) is 16.2 Å². The molecule has 0 aliphatic heterocycles. The molecule has 0 saturated heterocycles. The minimum atomic E-state index is -0.187. The molecule has 252 valence electrons. The molecule has 4 aromatic carbocycles. The Bertz CT molecular complexity index is 2160. The molecule has 4 aliphatic rings. The Labute approximate surface area is 296 Å². The molecule has 4 aliphatic carbocycles. The number of fused-ring (bicyclic) bond motifs is 12. The lowest BCUT2D eigenvalue weighted by Gasteiger charge is -2.39. The molecule has 0 nitrogen and oxygen atoms in total. The molecule has 0 fully saturated rings. The molecule has 0 aromatic heterocycles. The number of hydrogen-bond donors (Lipinski definition) is 0. The Morgan fingerprint density at radius 1 is 0.633 bits per heavy atom. The van der Waals surface area contributed by atoms with Gasteiger partial charge in [0.25, 0.3) is 0 Å². The summed E-state index contributed by atoms with van der Waals surface area (Å²) in [7, 11) is 0. The van der Waals surface area contributed by atoms with Crippen LogP contribution in [0, 0.1) is 32.6 Å². The van der Waals surface area contributed by atoms with E-state index in [-0.39, 0.29) is 16.2 Å². The zero-order chi connectivity index (χ0) is 34.8. The number of rotatable bonds is 6. The molecule has 4 aromatic rings. The second-order valence-corrected chi connectivity index (χ2v) is 17.1. The van der Waals surface area contributed by atoms with Crippen molar-refractivity contribution >= 4 is 21.9 Å². The van der Waals surface area contributed by atoms with Gasteiger partial charge >= 0.3 is 0 Å². The zero-order valence-electron chi connectivity index (χ0n) is 32.0. The lowest BCUT2D eigenvalue weighted by Crippen LogP contribution is -2.30. The van der Waals surface area contributed by atoms with Gasteiger partial charge in [-0.1, -0.05) is 133 Å². The molecule has 0 saturated carbocycles. The van der Waals surface area contributed by atoms with Crippen LogP contribution >= 0.6 is 0 Å². The van der Waals surface area contributed by atoms with Crippen LogP contribution in [0.25, 0.3) is 33.0 Å². The fourth-order valence-electron chi connectivity index (χ4n) is 11.6. The summed E-state index contributed by atoms with van der Waals surface area (Å²) in [5, 5.41) is 2.93. The molecule has 0 heteroatoms. The van der Waals surface area contributed by atoms with Gasteiger partial charge in [-0.3, -0.25) is 0 Å². The van der Waals surface area contributed by atoms with Crippen LogP contribution in [0.15, 0.2) is 77.9 Å². The third kappa shape index (κ3) is 4.16. The first kappa shape index (κ1) is 32.6. The normalized spacial score (nSPS) is 20.9. The van der Waals surface area contributed by atoms with Gasteiger partial charge in [0.1, 0.15) is 0 Å². The fourth-order valence-corrected chi connectivity index (χ4v) is 11.6. The summed E-state index contributed by atoms with van der Waals surface area (Å²) < 4.78 is 0. The van der Waals surface area contributed by atoms with Crippen molar-refractivity contribution < 1.29 is 0 Å². The third-order valence-electron chi connectivity index (χ3n) is 13.7. The first-order valence-corrected chi connectivity index (χ1v) is 19.4. The van der Waals surface area contributed by atoms with E-state index in [1.54, 1.807) is 39.0 Å². The Morgan fingerprint density at radius 3 is 1.98 bits per heavy atom. The van der Waals surface area contributed by atoms with Crippen molar-refractivity contribution in [3.8, 4) is 11.1 Å². The van der Waals surface area contributed by atoms with Crippen LogP contribution < -0.4 is 0 Å². The zero-order valence-corrected chi connectivity index (χ0v) is 32.0. The van der Waals surface area contributed by atoms with Crippen molar-refractivity contribution in [2.24, 2.45) is 11.8 Å². The quantitative estimate of drug-likeness (QED) is 0.196. The van der Waals surface area contributed by atoms with E-state index in [1.165, 1.54) is 81.0 Å². The van der Waals surface area contributed by atoms with Gasteiger partial charge in [-0.05, 0) is 148 Å². The van der Waals surface area contributed by atoms with E-state index in [4.69, 9.17) is 0 Å². The van der Waals surface area contributed by atoms with Crippen LogP contribution in [0.3, 0.4) is 0 Å². The molecular weight excluding hydrogens is 589 g/mol. The lowest BCUT2D eigenvalue weighted by molar-refractivity contribution is 0.491. The Morgan fingerprint density at radius 2 is 1.29 bits per heavy atom. The van der Waals surface area contributed by atoms with Crippen LogP contribution in [0.4, 0.5) is 0 Å². The van der Waals surface area contributed by atoms with E-state index in [9.17, 15) is 0 Å². The SMILES string of the molecule is CCC(CC)C1=CC2(CC(C(CC)CC)=C1)c1ccc3c(c1-c1cc(C)c4c(C)cc(C)cc4c12)C(C)(C)C1=C3C(C)(C)c2ccccc21. The smallest absolute Gasteiger partial charge is 0.0443 e. The molecule has 1 unspecified atom stereocenters. The molecule has 0 amide bonds. The van der Waals surface area contributed by atoms with Crippen molar-refractivity contribution in [2.45, 2.75) is 125 Å². The van der Waals surface area contributed by atoms with Crippen molar-refractivity contribution in [2.75, 3.05) is 0 Å². The van der Waals surface area contributed by atoms with Crippen LogP contribution in [0.5, 0.6) is 0 Å². The van der Waals surface area contributed by atoms with Crippen molar-refractivity contribution in [3.63, 3.8) is 0 Å². The van der Waals surface area contributed by atoms with Gasteiger partial charge in [0, 0.05) is 16.2 Å². The maximum Gasteiger partial charge on any atom is 0.0443 e. The first-order valence-electron chi connectivity index (χ1n) is 19.4. The summed E-state index contributed by atoms with van der Waals surface area (Å²) in [5.41, 5.74) is 22.3. The predicted molar refractivity (Wildman–Crippen MR) is 213 cm³/mol. The van der Waals surface area contributed by atoms with Crippen LogP contribution in [-0.4, -0.2) is 0 Å². The molecule has 0 bridgehead atoms. The number of allylic oxidation sites excluding steroid dienone is 6. The molecule has 0 radical (unpaired) electrons. The van der Waals surface area contributed by atoms with E-state index < -0.39 is 0 Å². The monoisotopic (exact) mass is 644 g/mol. The van der Waals surface area contributed by atoms with Crippen molar-refractivity contribution in [1.29, 1.82) is 0 Å². The van der Waals surface area contributed by atoms with Crippen LogP contribution in [0.1, 0.15) is 138 Å². The van der Waals surface area contributed by atoms with E-state index in [2.05, 4.69) is 143 Å². The molecule has 1 spiro atoms. The molecule has 0 N–H and O–H groups in total. The Hall–Kier alpha value is -3.64. The highest BCUT2D eigenvalue weighted by Gasteiger charge is 2.54. The predicted octanol–water partition coefficient (Wildman–Crippen LogP) is 13.7. The average Bonchev–Trinajstić information content (AvgIpc) is 3.57. The summed E-state index contributed by atoms with van der Waals surface area (Å²) in [5.74, 6) is 1.18. The second kappa shape index (κ2) is 10.9. The highest BCUT2D eigenvalue weighted by atomic mass is 14.6. The maximum atomic E-state index is 2.79. The van der Waals surface area contributed by atoms with Gasteiger partial charge in [-0.2, -0.15) is 0 Å². The minimum absolute atomic E-state index is 0.0336. The Balaban J connectivity index is 1.52. The van der Waals surface area contributed by atoms with Gasteiger partial charge in [0.15, 0.2) is 0 Å². The van der Waals surface area contributed by atoms with Gasteiger partial charge in [0.05, 0.1) is 0 Å². The molecule has 1 atom stereocenters. The van der Waals surface area contributed by atoms with Crippen molar-refractivity contribution in [1.82, 2.24) is 0 Å². The summed E-state index contributed by atoms with van der Waals surface area (Å²) in [6.07, 6.45) is 11.3. The van der Waals surface area contributed by atoms with Gasteiger partial charge in [0.2, 0.25) is 0 Å². The molecule has 8 rings (SSSR count). The van der Waals surface area contributed by atoms with Crippen LogP contribution in [0.2, 0.25) is 0 Å². The third-order valence-corrected chi connectivity index (χ3v) is 13.7. The van der Waals surface area contributed by atoms with E-state index in [1.807, 2.05) is 0 Å². The Kier molecular flexibility index (Phi) is 7.26. The van der Waals surface area contributed by atoms with E-state index in [0.29, 0.717) is 11.8 Å². The largest absolute Gasteiger partial charge is 0.0657 e. The number of hydrogen-bond acceptors (Lipinski definition) is 0. The summed E-state index contributed by atoms with van der Waals surface area (Å²) in [4.78, 5) is 0. The molecular formula is C49H56. The summed E-state index contributed by atoms with van der Waals surface area (Å²) >= 11 is 0. The lowest BCUT2D eigenvalue weighted by atomic mass is 9.64. The van der Waals surface area contributed by atoms with Crippen molar-refractivity contribution in [3.05, 3.63) is 128 Å². The maximum absolute atomic E-state index is 2.79. The van der Waals surface area contributed by atoms with Gasteiger partial charge < -0.3 is 0 Å². The standard InChI is InChI=1S/C49H56/c1-12-31(13-2)33-25-34(32(14-3)15-4)27-49(26-33)40-21-20-36-44(48(10,11)45-35-18-16-17-19-39(35)47(8,9)46(36)45)42(40)38-24-30(7)41-29(6)22-28(5)23-37(41)43(38)49/h16-26,31-32H,12-15,27H2,1-11H3. The molecule has 49 heavy (non-hydrogen) atoms. The molecule has 0 heterocycles. The number of benzene rings is 4. The highest BCUT2D eigenvalue weighted by molar-refractivity contribution is 6.13. The average molecular weight is 645 g/mol. The van der Waals surface area contributed by atoms with E-state index in [0.717, 1.165) is 6.42 Å². The topological polar surface area (TPSA) is 0 Å². The van der Waals surface area contributed by atoms with Gasteiger partial charge in [-0.25, -0.2) is 0 Å². The minimum Gasteiger partial charge on any atom is -0.0657 e. The second-order valence-electron chi connectivity index (χ2n) is 17.1. The summed E-state index contributed by atoms with van der Waals surface area (Å²) in [6, 6.07) is 21.9. The summed E-state index contributed by atoms with van der Waals surface area (Å²) in [6.45, 7) is 26.6. The van der Waals surface area contributed by atoms with Gasteiger partial charge in [-0.15, -0.1) is 0 Å². The first-order chi connectivity index (χ1) is 23.3. The highest BCUT2D eigenvalue weighted by Crippen LogP contribution is 2.68.